The van der Waals surface area contributed by atoms with Gasteiger partial charge in [-0.3, -0.25) is 9.59 Å². The number of esters is 1. The minimum Gasteiger partial charge on any atom is -0.466 e. The highest BCUT2D eigenvalue weighted by Gasteiger charge is 2.20. The highest BCUT2D eigenvalue weighted by molar-refractivity contribution is 5.76. The monoisotopic (exact) mass is 1180 g/mol. The summed E-state index contributed by atoms with van der Waals surface area (Å²) in [5.41, 5.74) is 0. The standard InChI is InChI=1S/C78H153NO5/c1-3-5-7-9-11-13-15-17-19-21-22-32-35-39-42-46-50-54-58-62-66-70-76(81)75(74-80)79-77(82)71-67-63-59-55-51-47-43-40-36-33-30-28-26-24-23-25-27-29-31-34-37-41-45-49-53-57-61-65-69-73-84-78(83)72-68-64-60-56-52-48-44-38-20-18-16-14-12-10-8-6-4-2/h18,20,75-76,80-81H,3-17,19,21-74H2,1-2H3,(H,79,82)/b20-18-. The lowest BCUT2D eigenvalue weighted by molar-refractivity contribution is -0.143. The summed E-state index contributed by atoms with van der Waals surface area (Å²) in [6, 6.07) is -0.539. The smallest absolute Gasteiger partial charge is 0.305 e. The molecule has 0 aliphatic carbocycles. The Morgan fingerprint density at radius 3 is 0.845 bits per heavy atom. The van der Waals surface area contributed by atoms with Gasteiger partial charge in [-0.05, 0) is 51.4 Å². The van der Waals surface area contributed by atoms with Gasteiger partial charge in [0.1, 0.15) is 0 Å². The van der Waals surface area contributed by atoms with Crippen LogP contribution in [0.5, 0.6) is 0 Å². The molecular weight excluding hydrogens is 1030 g/mol. The van der Waals surface area contributed by atoms with E-state index in [1.165, 1.54) is 372 Å². The van der Waals surface area contributed by atoms with Crippen molar-refractivity contribution < 1.29 is 24.5 Å². The maximum absolute atomic E-state index is 12.6. The molecule has 0 aromatic carbocycles. The van der Waals surface area contributed by atoms with Crippen molar-refractivity contribution in [3.05, 3.63) is 12.2 Å². The zero-order chi connectivity index (χ0) is 60.6. The van der Waals surface area contributed by atoms with E-state index in [0.717, 1.165) is 44.9 Å². The molecule has 0 aliphatic heterocycles. The molecule has 0 spiro atoms. The number of aliphatic hydroxyl groups is 2. The van der Waals surface area contributed by atoms with Gasteiger partial charge in [-0.1, -0.05) is 398 Å². The van der Waals surface area contributed by atoms with E-state index in [9.17, 15) is 19.8 Å². The quantitative estimate of drug-likeness (QED) is 0.0320. The minimum absolute atomic E-state index is 0.0175. The van der Waals surface area contributed by atoms with Crippen molar-refractivity contribution in [2.45, 2.75) is 463 Å². The molecule has 3 N–H and O–H groups in total. The summed E-state index contributed by atoms with van der Waals surface area (Å²) in [5.74, 6) is -0.00839. The van der Waals surface area contributed by atoms with Crippen LogP contribution in [0.1, 0.15) is 450 Å². The number of amides is 1. The van der Waals surface area contributed by atoms with Crippen molar-refractivity contribution in [2.75, 3.05) is 13.2 Å². The van der Waals surface area contributed by atoms with Crippen LogP contribution in [0.15, 0.2) is 12.2 Å². The van der Waals surface area contributed by atoms with Crippen LogP contribution in [0.3, 0.4) is 0 Å². The number of nitrogens with one attached hydrogen (secondary N) is 1. The zero-order valence-electron chi connectivity index (χ0n) is 57.4. The van der Waals surface area contributed by atoms with Gasteiger partial charge in [0.2, 0.25) is 5.91 Å². The Balaban J connectivity index is 3.33. The average Bonchev–Trinajstić information content (AvgIpc) is 3.51. The first kappa shape index (κ1) is 82.6. The third-order valence-electron chi connectivity index (χ3n) is 18.6. The molecule has 6 nitrogen and oxygen atoms in total. The Morgan fingerprint density at radius 2 is 0.560 bits per heavy atom. The Bertz CT molecular complexity index is 1270. The Morgan fingerprint density at radius 1 is 0.321 bits per heavy atom. The number of aliphatic hydroxyl groups excluding tert-OH is 2. The predicted molar refractivity (Wildman–Crippen MR) is 370 cm³/mol. The molecule has 2 unspecified atom stereocenters. The zero-order valence-corrected chi connectivity index (χ0v) is 57.4. The van der Waals surface area contributed by atoms with E-state index >= 15 is 0 Å². The first-order chi connectivity index (χ1) is 41.5. The number of unbranched alkanes of at least 4 members (excludes halogenated alkanes) is 61. The third kappa shape index (κ3) is 69.7. The van der Waals surface area contributed by atoms with Gasteiger partial charge in [0, 0.05) is 12.8 Å². The molecule has 6 heteroatoms. The summed E-state index contributed by atoms with van der Waals surface area (Å²) >= 11 is 0. The summed E-state index contributed by atoms with van der Waals surface area (Å²) in [5, 5.41) is 23.5. The van der Waals surface area contributed by atoms with E-state index in [2.05, 4.69) is 31.3 Å². The number of carbonyl (C=O) groups is 2. The molecule has 2 atom stereocenters. The maximum atomic E-state index is 12.6. The van der Waals surface area contributed by atoms with Gasteiger partial charge >= 0.3 is 5.97 Å². The number of hydrogen-bond acceptors (Lipinski definition) is 5. The Kier molecular flexibility index (Phi) is 72.8. The molecule has 0 aromatic rings. The number of carbonyl (C=O) groups excluding carboxylic acids is 2. The van der Waals surface area contributed by atoms with Gasteiger partial charge < -0.3 is 20.3 Å². The Labute approximate surface area is 527 Å². The molecule has 0 aromatic heterocycles. The number of rotatable bonds is 74. The molecule has 1 amide bonds. The first-order valence-electron chi connectivity index (χ1n) is 38.9. The van der Waals surface area contributed by atoms with Gasteiger partial charge in [0.05, 0.1) is 25.4 Å². The summed E-state index contributed by atoms with van der Waals surface area (Å²) < 4.78 is 5.51. The van der Waals surface area contributed by atoms with Gasteiger partial charge in [-0.25, -0.2) is 0 Å². The second kappa shape index (κ2) is 74.1. The number of allylic oxidation sites excluding steroid dienone is 2. The van der Waals surface area contributed by atoms with E-state index in [4.69, 9.17) is 4.74 Å². The summed E-state index contributed by atoms with van der Waals surface area (Å²) in [6.07, 6.45) is 92.9. The van der Waals surface area contributed by atoms with Crippen LogP contribution < -0.4 is 5.32 Å². The first-order valence-corrected chi connectivity index (χ1v) is 38.9. The van der Waals surface area contributed by atoms with Crippen LogP contribution in [-0.2, 0) is 14.3 Å². The molecule has 0 aliphatic rings. The van der Waals surface area contributed by atoms with E-state index in [1.54, 1.807) is 0 Å². The molecule has 0 saturated carbocycles. The van der Waals surface area contributed by atoms with Gasteiger partial charge in [0.15, 0.2) is 0 Å². The van der Waals surface area contributed by atoms with Crippen molar-refractivity contribution in [3.63, 3.8) is 0 Å². The molecule has 0 radical (unpaired) electrons. The largest absolute Gasteiger partial charge is 0.466 e. The lowest BCUT2D eigenvalue weighted by Crippen LogP contribution is -2.45. The molecule has 0 heterocycles. The van der Waals surface area contributed by atoms with E-state index < -0.39 is 12.1 Å². The fourth-order valence-electron chi connectivity index (χ4n) is 12.6. The molecule has 84 heavy (non-hydrogen) atoms. The predicted octanol–water partition coefficient (Wildman–Crippen LogP) is 25.5. The van der Waals surface area contributed by atoms with Crippen molar-refractivity contribution in [1.82, 2.24) is 5.32 Å². The highest BCUT2D eigenvalue weighted by atomic mass is 16.5. The van der Waals surface area contributed by atoms with Crippen LogP contribution in [0, 0.1) is 0 Å². The van der Waals surface area contributed by atoms with E-state index in [1.807, 2.05) is 0 Å². The molecule has 0 bridgehead atoms. The average molecular weight is 1190 g/mol. The van der Waals surface area contributed by atoms with Crippen molar-refractivity contribution in [3.8, 4) is 0 Å². The SMILES string of the molecule is CCCCCCCC/C=C\CCCCCCCCCC(=O)OCCCCCCCCCCCCCCCCCCCCCCCCCCCCCCCC(=O)NC(CO)C(O)CCCCCCCCCCCCCCCCCCCCCCC. The fraction of sp³-hybridized carbons (Fsp3) is 0.949. The summed E-state index contributed by atoms with van der Waals surface area (Å²) in [6.45, 7) is 5.00. The minimum atomic E-state index is -0.662. The van der Waals surface area contributed by atoms with E-state index in [-0.39, 0.29) is 18.5 Å². The van der Waals surface area contributed by atoms with Gasteiger partial charge in [0.25, 0.3) is 0 Å². The molecule has 0 saturated heterocycles. The molecular formula is C78H153NO5. The van der Waals surface area contributed by atoms with Crippen LogP contribution >= 0.6 is 0 Å². The van der Waals surface area contributed by atoms with Crippen molar-refractivity contribution in [2.24, 2.45) is 0 Å². The van der Waals surface area contributed by atoms with Crippen LogP contribution in [-0.4, -0.2) is 47.4 Å². The van der Waals surface area contributed by atoms with Crippen LogP contribution in [0.2, 0.25) is 0 Å². The second-order valence-electron chi connectivity index (χ2n) is 27.0. The maximum Gasteiger partial charge on any atom is 0.305 e. The Hall–Kier alpha value is -1.40. The summed E-state index contributed by atoms with van der Waals surface area (Å²) in [7, 11) is 0. The van der Waals surface area contributed by atoms with Crippen molar-refractivity contribution in [1.29, 1.82) is 0 Å². The topological polar surface area (TPSA) is 95.9 Å². The highest BCUT2D eigenvalue weighted by Crippen LogP contribution is 2.20. The summed E-state index contributed by atoms with van der Waals surface area (Å²) in [4.78, 5) is 24.7. The normalized spacial score (nSPS) is 12.5. The van der Waals surface area contributed by atoms with Crippen LogP contribution in [0.4, 0.5) is 0 Å². The van der Waals surface area contributed by atoms with Crippen molar-refractivity contribution >= 4 is 11.9 Å². The number of ether oxygens (including phenoxy) is 1. The molecule has 0 rings (SSSR count). The molecule has 500 valence electrons. The lowest BCUT2D eigenvalue weighted by Gasteiger charge is -2.22. The third-order valence-corrected chi connectivity index (χ3v) is 18.6. The van der Waals surface area contributed by atoms with Crippen LogP contribution in [0.25, 0.3) is 0 Å². The second-order valence-corrected chi connectivity index (χ2v) is 27.0. The fourth-order valence-corrected chi connectivity index (χ4v) is 12.6. The van der Waals surface area contributed by atoms with E-state index in [0.29, 0.717) is 25.9 Å². The van der Waals surface area contributed by atoms with Gasteiger partial charge in [-0.15, -0.1) is 0 Å². The lowest BCUT2D eigenvalue weighted by atomic mass is 10.0. The van der Waals surface area contributed by atoms with Gasteiger partial charge in [-0.2, -0.15) is 0 Å². The number of hydrogen-bond donors (Lipinski definition) is 3. The molecule has 0 fully saturated rings.